The predicted octanol–water partition coefficient (Wildman–Crippen LogP) is 2.34. The zero-order valence-electron chi connectivity index (χ0n) is 17.3. The van der Waals surface area contributed by atoms with Gasteiger partial charge in [0.25, 0.3) is 0 Å². The van der Waals surface area contributed by atoms with Crippen LogP contribution in [0.2, 0.25) is 0 Å². The van der Waals surface area contributed by atoms with Crippen molar-refractivity contribution in [3.63, 3.8) is 0 Å². The van der Waals surface area contributed by atoms with Crippen molar-refractivity contribution in [1.82, 2.24) is 9.97 Å². The molecule has 0 unspecified atom stereocenters. The van der Waals surface area contributed by atoms with Crippen LogP contribution in [-0.2, 0) is 11.3 Å². The molecule has 0 bridgehead atoms. The van der Waals surface area contributed by atoms with Crippen LogP contribution in [0.3, 0.4) is 0 Å². The molecule has 5 N–H and O–H groups in total. The number of amides is 1. The average molecular weight is 429 g/mol. The molecular formula is C21H28N6O2S. The molecule has 0 aliphatic carbocycles. The lowest BCUT2D eigenvalue weighted by Gasteiger charge is -2.03. The summed E-state index contributed by atoms with van der Waals surface area (Å²) in [5, 5.41) is 3.16. The largest absolute Gasteiger partial charge is 0.463 e. The van der Waals surface area contributed by atoms with E-state index in [2.05, 4.69) is 32.1 Å². The summed E-state index contributed by atoms with van der Waals surface area (Å²) in [4.78, 5) is 22.6. The summed E-state index contributed by atoms with van der Waals surface area (Å²) in [6.07, 6.45) is 4.83. The number of ether oxygens (including phenoxy) is 1. The van der Waals surface area contributed by atoms with Crippen LogP contribution in [-0.4, -0.2) is 40.5 Å². The molecule has 0 spiro atoms. The quantitative estimate of drug-likeness (QED) is 0.184. The molecule has 0 radical (unpaired) electrons. The van der Waals surface area contributed by atoms with Crippen molar-refractivity contribution in [2.24, 2.45) is 16.5 Å². The fourth-order valence-electron chi connectivity index (χ4n) is 1.94. The minimum atomic E-state index is 0.369. The van der Waals surface area contributed by atoms with Crippen molar-refractivity contribution in [1.29, 1.82) is 0 Å². The normalized spacial score (nSPS) is 10.2. The lowest BCUT2D eigenvalue weighted by atomic mass is 10.2. The maximum absolute atomic E-state index is 10.3. The summed E-state index contributed by atoms with van der Waals surface area (Å²) >= 11 is 1.51. The topological polar surface area (TPSA) is 129 Å². The van der Waals surface area contributed by atoms with Crippen LogP contribution in [0.15, 0.2) is 41.7 Å². The van der Waals surface area contributed by atoms with Gasteiger partial charge in [0.15, 0.2) is 11.8 Å². The number of benzene rings is 1. The summed E-state index contributed by atoms with van der Waals surface area (Å²) < 4.78 is 5.15. The lowest BCUT2D eigenvalue weighted by molar-refractivity contribution is -0.105. The number of hydrogen-bond donors (Lipinski definition) is 3. The summed E-state index contributed by atoms with van der Waals surface area (Å²) in [6, 6.07) is 7.50. The molecule has 8 nitrogen and oxygen atoms in total. The SMILES string of the molecule is CC#CCOc1cnc(C)cn1.NCCCSC(N)=NCc1cccc(NC=O)c1. The van der Waals surface area contributed by atoms with Crippen LogP contribution in [0.4, 0.5) is 5.69 Å². The number of aryl methyl sites for hydroxylation is 1. The zero-order valence-corrected chi connectivity index (χ0v) is 18.1. The van der Waals surface area contributed by atoms with E-state index in [1.807, 2.05) is 31.2 Å². The van der Waals surface area contributed by atoms with E-state index >= 15 is 0 Å². The molecule has 9 heteroatoms. The van der Waals surface area contributed by atoms with Gasteiger partial charge in [0.05, 0.1) is 24.6 Å². The van der Waals surface area contributed by atoms with E-state index in [0.717, 1.165) is 29.1 Å². The first-order valence-electron chi connectivity index (χ1n) is 9.32. The van der Waals surface area contributed by atoms with Gasteiger partial charge in [-0.15, -0.1) is 5.92 Å². The van der Waals surface area contributed by atoms with Crippen molar-refractivity contribution in [3.8, 4) is 17.7 Å². The number of thioether (sulfide) groups is 1. The summed E-state index contributed by atoms with van der Waals surface area (Å²) in [7, 11) is 0. The van der Waals surface area contributed by atoms with Gasteiger partial charge in [0, 0.05) is 11.4 Å². The molecule has 1 heterocycles. The van der Waals surface area contributed by atoms with Crippen molar-refractivity contribution in [2.75, 3.05) is 24.2 Å². The van der Waals surface area contributed by atoms with Crippen LogP contribution in [0.1, 0.15) is 24.6 Å². The maximum Gasteiger partial charge on any atom is 0.233 e. The van der Waals surface area contributed by atoms with E-state index in [1.54, 1.807) is 19.3 Å². The second kappa shape index (κ2) is 15.8. The molecule has 2 aromatic rings. The highest BCUT2D eigenvalue weighted by Gasteiger charge is 1.97. The summed E-state index contributed by atoms with van der Waals surface area (Å²) in [5.41, 5.74) is 13.8. The fourth-order valence-corrected chi connectivity index (χ4v) is 2.62. The molecule has 0 fully saturated rings. The summed E-state index contributed by atoms with van der Waals surface area (Å²) in [6.45, 7) is 5.19. The number of rotatable bonds is 9. The molecule has 1 aromatic heterocycles. The number of nitrogens with two attached hydrogens (primary N) is 2. The van der Waals surface area contributed by atoms with Gasteiger partial charge in [-0.1, -0.05) is 29.8 Å². The van der Waals surface area contributed by atoms with Crippen LogP contribution in [0, 0.1) is 18.8 Å². The number of amidine groups is 1. The second-order valence-corrected chi connectivity index (χ2v) is 6.93. The van der Waals surface area contributed by atoms with Gasteiger partial charge in [-0.3, -0.25) is 14.8 Å². The fraction of sp³-hybridized carbons (Fsp3) is 0.333. The van der Waals surface area contributed by atoms with Crippen LogP contribution in [0.5, 0.6) is 5.88 Å². The van der Waals surface area contributed by atoms with Crippen LogP contribution < -0.4 is 21.5 Å². The Labute approximate surface area is 181 Å². The van der Waals surface area contributed by atoms with Gasteiger partial charge in [0.2, 0.25) is 12.3 Å². The van der Waals surface area contributed by atoms with Gasteiger partial charge in [-0.25, -0.2) is 4.98 Å². The third-order valence-electron chi connectivity index (χ3n) is 3.39. The van der Waals surface area contributed by atoms with E-state index in [-0.39, 0.29) is 0 Å². The molecule has 0 saturated heterocycles. The number of nitrogens with zero attached hydrogens (tertiary/aromatic N) is 3. The highest BCUT2D eigenvalue weighted by Crippen LogP contribution is 2.11. The second-order valence-electron chi connectivity index (χ2n) is 5.82. The molecular weight excluding hydrogens is 400 g/mol. The Morgan fingerprint density at radius 2 is 2.20 bits per heavy atom. The molecule has 2 rings (SSSR count). The number of carbonyl (C=O) groups is 1. The molecule has 0 aliphatic heterocycles. The van der Waals surface area contributed by atoms with E-state index in [0.29, 0.717) is 37.2 Å². The van der Waals surface area contributed by atoms with E-state index < -0.39 is 0 Å². The monoisotopic (exact) mass is 428 g/mol. The third kappa shape index (κ3) is 11.7. The molecule has 160 valence electrons. The maximum atomic E-state index is 10.3. The van der Waals surface area contributed by atoms with E-state index in [4.69, 9.17) is 16.2 Å². The molecule has 1 amide bonds. The molecule has 0 saturated carbocycles. The summed E-state index contributed by atoms with van der Waals surface area (Å²) in [5.74, 6) is 6.90. The Kier molecular flexibility index (Phi) is 13.1. The predicted molar refractivity (Wildman–Crippen MR) is 123 cm³/mol. The van der Waals surface area contributed by atoms with Crippen molar-refractivity contribution in [2.45, 2.75) is 26.8 Å². The number of carbonyl (C=O) groups excluding carboxylic acids is 1. The first-order chi connectivity index (χ1) is 14.6. The molecule has 0 atom stereocenters. The first kappa shape index (κ1) is 24.9. The van der Waals surface area contributed by atoms with Gasteiger partial charge in [-0.2, -0.15) is 0 Å². The lowest BCUT2D eigenvalue weighted by Crippen LogP contribution is -2.09. The first-order valence-corrected chi connectivity index (χ1v) is 10.3. The number of aromatic nitrogens is 2. The van der Waals surface area contributed by atoms with Gasteiger partial charge in [-0.05, 0) is 44.5 Å². The highest BCUT2D eigenvalue weighted by molar-refractivity contribution is 8.13. The molecule has 1 aromatic carbocycles. The Morgan fingerprint density at radius 1 is 1.37 bits per heavy atom. The van der Waals surface area contributed by atoms with E-state index in [9.17, 15) is 4.79 Å². The zero-order chi connectivity index (χ0) is 22.0. The molecule has 0 aliphatic rings. The standard InChI is InChI=1S/C12H18N4OS.C9H10N2O/c13-5-2-6-18-12(14)15-8-10-3-1-4-11(7-10)16-9-17;1-3-4-5-12-9-7-10-8(2)6-11-9/h1,3-4,7,9H,2,5-6,8,13H2,(H2,14,15)(H,16,17);6-7H,5H2,1-2H3. The highest BCUT2D eigenvalue weighted by atomic mass is 32.2. The van der Waals surface area contributed by atoms with Gasteiger partial charge in [0.1, 0.15) is 0 Å². The van der Waals surface area contributed by atoms with Crippen molar-refractivity contribution < 1.29 is 9.53 Å². The Balaban J connectivity index is 0.000000325. The van der Waals surface area contributed by atoms with E-state index in [1.165, 1.54) is 11.8 Å². The minimum absolute atomic E-state index is 0.369. The van der Waals surface area contributed by atoms with Gasteiger partial charge >= 0.3 is 0 Å². The van der Waals surface area contributed by atoms with Gasteiger partial charge < -0.3 is 21.5 Å². The number of aliphatic imine (C=N–C) groups is 1. The minimum Gasteiger partial charge on any atom is -0.463 e. The number of anilines is 1. The molecule has 30 heavy (non-hydrogen) atoms. The average Bonchev–Trinajstić information content (AvgIpc) is 2.75. The smallest absolute Gasteiger partial charge is 0.233 e. The number of nitrogens with one attached hydrogen (secondary N) is 1. The van der Waals surface area contributed by atoms with Crippen molar-refractivity contribution in [3.05, 3.63) is 47.9 Å². The van der Waals surface area contributed by atoms with Crippen LogP contribution in [0.25, 0.3) is 0 Å². The Bertz CT molecular complexity index is 847. The Hall–Kier alpha value is -3.09. The van der Waals surface area contributed by atoms with Crippen molar-refractivity contribution >= 4 is 29.0 Å². The number of hydrogen-bond acceptors (Lipinski definition) is 7. The Morgan fingerprint density at radius 3 is 2.87 bits per heavy atom. The van der Waals surface area contributed by atoms with Crippen LogP contribution >= 0.6 is 11.8 Å². The third-order valence-corrected chi connectivity index (χ3v) is 4.31.